The van der Waals surface area contributed by atoms with E-state index in [1.807, 2.05) is 13.8 Å². The van der Waals surface area contributed by atoms with Crippen LogP contribution >= 0.6 is 0 Å². The van der Waals surface area contributed by atoms with Crippen molar-refractivity contribution in [3.05, 3.63) is 0 Å². The van der Waals surface area contributed by atoms with Crippen LogP contribution < -0.4 is 0 Å². The highest BCUT2D eigenvalue weighted by Gasteiger charge is 2.25. The maximum absolute atomic E-state index is 12.0. The van der Waals surface area contributed by atoms with Gasteiger partial charge >= 0.3 is 6.09 Å². The van der Waals surface area contributed by atoms with Crippen molar-refractivity contribution in [2.24, 2.45) is 0 Å². The fraction of sp³-hybridized carbons (Fsp3) is 0.833. The van der Waals surface area contributed by atoms with Crippen molar-refractivity contribution in [3.8, 4) is 0 Å². The van der Waals surface area contributed by atoms with Gasteiger partial charge in [0.15, 0.2) is 6.29 Å². The van der Waals surface area contributed by atoms with E-state index in [-0.39, 0.29) is 12.3 Å². The van der Waals surface area contributed by atoms with Gasteiger partial charge in [-0.15, -0.1) is 0 Å². The van der Waals surface area contributed by atoms with Crippen LogP contribution in [-0.4, -0.2) is 72.6 Å². The zero-order chi connectivity index (χ0) is 14.3. The Morgan fingerprint density at radius 1 is 1.05 bits per heavy atom. The summed E-state index contributed by atoms with van der Waals surface area (Å²) in [5, 5.41) is 8.83. The molecular weight excluding hydrogens is 252 g/mol. The van der Waals surface area contributed by atoms with E-state index in [2.05, 4.69) is 0 Å². The van der Waals surface area contributed by atoms with Crippen molar-refractivity contribution in [3.63, 3.8) is 0 Å². The molecule has 0 bridgehead atoms. The van der Waals surface area contributed by atoms with Crippen LogP contribution in [0.25, 0.3) is 0 Å². The third-order valence-corrected chi connectivity index (χ3v) is 2.95. The Balaban J connectivity index is 2.39. The molecule has 0 unspecified atom stereocenters. The number of piperazine rings is 1. The van der Waals surface area contributed by atoms with E-state index in [1.54, 1.807) is 4.90 Å². The Morgan fingerprint density at radius 2 is 1.53 bits per heavy atom. The first-order valence-corrected chi connectivity index (χ1v) is 6.57. The quantitative estimate of drug-likeness (QED) is 0.717. The number of nitrogens with zero attached hydrogens (tertiary/aromatic N) is 2. The molecule has 0 aromatic carbocycles. The van der Waals surface area contributed by atoms with Crippen molar-refractivity contribution >= 4 is 12.0 Å². The lowest BCUT2D eigenvalue weighted by molar-refractivity contribution is -0.160. The van der Waals surface area contributed by atoms with Gasteiger partial charge in [-0.2, -0.15) is 0 Å². The van der Waals surface area contributed by atoms with E-state index in [0.717, 1.165) is 0 Å². The fourth-order valence-electron chi connectivity index (χ4n) is 1.96. The number of hydrogen-bond acceptors (Lipinski definition) is 4. The van der Waals surface area contributed by atoms with Crippen LogP contribution in [-0.2, 0) is 14.3 Å². The third-order valence-electron chi connectivity index (χ3n) is 2.95. The lowest BCUT2D eigenvalue weighted by Crippen LogP contribution is -2.50. The molecule has 0 atom stereocenters. The van der Waals surface area contributed by atoms with E-state index in [0.29, 0.717) is 39.4 Å². The summed E-state index contributed by atoms with van der Waals surface area (Å²) >= 11 is 0. The molecule has 0 aliphatic carbocycles. The summed E-state index contributed by atoms with van der Waals surface area (Å²) in [6.45, 7) is 6.25. The van der Waals surface area contributed by atoms with Gasteiger partial charge in [0.1, 0.15) is 0 Å². The summed E-state index contributed by atoms with van der Waals surface area (Å²) in [6, 6.07) is 0. The monoisotopic (exact) mass is 274 g/mol. The second-order valence-corrected chi connectivity index (χ2v) is 4.19. The minimum absolute atomic E-state index is 0.0584. The number of carbonyl (C=O) groups is 2. The molecule has 0 aromatic heterocycles. The van der Waals surface area contributed by atoms with E-state index in [9.17, 15) is 9.59 Å². The van der Waals surface area contributed by atoms with Gasteiger partial charge in [-0.05, 0) is 13.8 Å². The van der Waals surface area contributed by atoms with Crippen molar-refractivity contribution < 1.29 is 24.2 Å². The van der Waals surface area contributed by atoms with Crippen molar-refractivity contribution in [2.75, 3.05) is 39.4 Å². The Bertz CT molecular complexity index is 296. The van der Waals surface area contributed by atoms with E-state index in [1.165, 1.54) is 4.90 Å². The maximum atomic E-state index is 12.0. The van der Waals surface area contributed by atoms with Gasteiger partial charge in [-0.1, -0.05) is 0 Å². The van der Waals surface area contributed by atoms with Crippen LogP contribution in [0.15, 0.2) is 0 Å². The lowest BCUT2D eigenvalue weighted by Gasteiger charge is -2.33. The molecule has 1 fully saturated rings. The molecule has 1 saturated heterocycles. The Morgan fingerprint density at radius 3 is 1.95 bits per heavy atom. The Kier molecular flexibility index (Phi) is 6.58. The average molecular weight is 274 g/mol. The zero-order valence-corrected chi connectivity index (χ0v) is 11.5. The molecule has 7 nitrogen and oxygen atoms in total. The predicted molar refractivity (Wildman–Crippen MR) is 67.8 cm³/mol. The Hall–Kier alpha value is -1.34. The lowest BCUT2D eigenvalue weighted by atomic mass is 10.3. The van der Waals surface area contributed by atoms with Crippen LogP contribution in [0.2, 0.25) is 0 Å². The molecule has 0 aromatic rings. The van der Waals surface area contributed by atoms with E-state index < -0.39 is 12.4 Å². The molecule has 1 heterocycles. The molecule has 0 saturated carbocycles. The number of amides is 2. The molecule has 19 heavy (non-hydrogen) atoms. The topological polar surface area (TPSA) is 79.3 Å². The third kappa shape index (κ3) is 5.04. The minimum atomic E-state index is -0.936. The largest absolute Gasteiger partial charge is 0.465 e. The highest BCUT2D eigenvalue weighted by molar-refractivity contribution is 5.77. The van der Waals surface area contributed by atoms with Gasteiger partial charge in [-0.25, -0.2) is 4.79 Å². The highest BCUT2D eigenvalue weighted by atomic mass is 16.7. The van der Waals surface area contributed by atoms with Gasteiger partial charge in [-0.3, -0.25) is 4.79 Å². The van der Waals surface area contributed by atoms with Crippen molar-refractivity contribution in [1.29, 1.82) is 0 Å². The molecule has 0 radical (unpaired) electrons. The predicted octanol–water partition coefficient (Wildman–Crippen LogP) is 0.598. The second-order valence-electron chi connectivity index (χ2n) is 4.19. The van der Waals surface area contributed by atoms with Crippen LogP contribution in [0.1, 0.15) is 20.3 Å². The van der Waals surface area contributed by atoms with Crippen molar-refractivity contribution in [2.45, 2.75) is 26.6 Å². The molecule has 0 spiro atoms. The number of carboxylic acid groups (broad SMARTS) is 1. The van der Waals surface area contributed by atoms with Crippen LogP contribution in [0.4, 0.5) is 4.79 Å². The molecule has 1 aliphatic rings. The standard InChI is InChI=1S/C12H22N2O5/c1-3-18-11(19-4-2)9-10(15)13-5-7-14(8-6-13)12(16)17/h11H,3-9H2,1-2H3,(H,16,17). The summed E-state index contributed by atoms with van der Waals surface area (Å²) < 4.78 is 10.7. The maximum Gasteiger partial charge on any atom is 0.407 e. The molecule has 2 amide bonds. The van der Waals surface area contributed by atoms with Crippen LogP contribution in [0, 0.1) is 0 Å². The Labute approximate surface area is 113 Å². The molecule has 1 aliphatic heterocycles. The van der Waals surface area contributed by atoms with Gasteiger partial charge < -0.3 is 24.4 Å². The summed E-state index contributed by atoms with van der Waals surface area (Å²) in [7, 11) is 0. The van der Waals surface area contributed by atoms with Gasteiger partial charge in [0.2, 0.25) is 5.91 Å². The molecule has 7 heteroatoms. The van der Waals surface area contributed by atoms with Gasteiger partial charge in [0.25, 0.3) is 0 Å². The summed E-state index contributed by atoms with van der Waals surface area (Å²) in [5.74, 6) is -0.0584. The first-order valence-electron chi connectivity index (χ1n) is 6.57. The van der Waals surface area contributed by atoms with Crippen LogP contribution in [0.3, 0.4) is 0 Å². The fourth-order valence-corrected chi connectivity index (χ4v) is 1.96. The normalized spacial score (nSPS) is 15.9. The first kappa shape index (κ1) is 15.7. The molecule has 110 valence electrons. The number of carbonyl (C=O) groups excluding carboxylic acids is 1. The minimum Gasteiger partial charge on any atom is -0.465 e. The number of hydrogen-bond donors (Lipinski definition) is 1. The number of ether oxygens (including phenoxy) is 2. The second kappa shape index (κ2) is 7.96. The molecular formula is C12H22N2O5. The number of rotatable bonds is 6. The summed E-state index contributed by atoms with van der Waals surface area (Å²) in [4.78, 5) is 25.8. The summed E-state index contributed by atoms with van der Waals surface area (Å²) in [5.41, 5.74) is 0. The molecule has 1 rings (SSSR count). The molecule has 1 N–H and O–H groups in total. The summed E-state index contributed by atoms with van der Waals surface area (Å²) in [6.07, 6.45) is -1.28. The van der Waals surface area contributed by atoms with E-state index >= 15 is 0 Å². The SMILES string of the molecule is CCOC(CC(=O)N1CCN(C(=O)O)CC1)OCC. The smallest absolute Gasteiger partial charge is 0.407 e. The van der Waals surface area contributed by atoms with E-state index in [4.69, 9.17) is 14.6 Å². The zero-order valence-electron chi connectivity index (χ0n) is 11.5. The highest BCUT2D eigenvalue weighted by Crippen LogP contribution is 2.08. The average Bonchev–Trinajstić information content (AvgIpc) is 2.39. The van der Waals surface area contributed by atoms with Gasteiger partial charge in [0.05, 0.1) is 6.42 Å². The van der Waals surface area contributed by atoms with Crippen molar-refractivity contribution in [1.82, 2.24) is 9.80 Å². The first-order chi connectivity index (χ1) is 9.08. The van der Waals surface area contributed by atoms with Crippen LogP contribution in [0.5, 0.6) is 0 Å². The van der Waals surface area contributed by atoms with Gasteiger partial charge in [0, 0.05) is 39.4 Å².